The number of ether oxygens (including phenoxy) is 1. The van der Waals surface area contributed by atoms with Crippen LogP contribution in [0.15, 0.2) is 22.8 Å². The molecule has 0 spiro atoms. The first-order chi connectivity index (χ1) is 10.7. The Morgan fingerprint density at radius 1 is 1.18 bits per heavy atom. The van der Waals surface area contributed by atoms with E-state index in [0.717, 1.165) is 31.1 Å². The number of ketones is 1. The fraction of sp³-hybridized carbons (Fsp3) is 0.750. The summed E-state index contributed by atoms with van der Waals surface area (Å²) in [6.45, 7) is 2.37. The van der Waals surface area contributed by atoms with Crippen molar-refractivity contribution in [2.24, 2.45) is 17.3 Å². The molecular weight excluding hydrogens is 272 g/mol. The normalized spacial score (nSPS) is 40.9. The van der Waals surface area contributed by atoms with E-state index in [4.69, 9.17) is 4.74 Å². The lowest BCUT2D eigenvalue weighted by Gasteiger charge is -2.50. The molecule has 0 aromatic carbocycles. The number of hydrogen-bond acceptors (Lipinski definition) is 2. The van der Waals surface area contributed by atoms with Crippen LogP contribution in [0, 0.1) is 17.3 Å². The van der Waals surface area contributed by atoms with E-state index in [9.17, 15) is 4.79 Å². The summed E-state index contributed by atoms with van der Waals surface area (Å²) in [7, 11) is 1.91. The molecule has 0 bridgehead atoms. The predicted molar refractivity (Wildman–Crippen MR) is 87.6 cm³/mol. The highest BCUT2D eigenvalue weighted by molar-refractivity contribution is 5.93. The van der Waals surface area contributed by atoms with Gasteiger partial charge in [0.2, 0.25) is 0 Å². The Balaban J connectivity index is 1.72. The highest BCUT2D eigenvalue weighted by Crippen LogP contribution is 2.62. The molecule has 2 nitrogen and oxygen atoms in total. The number of fused-ring (bicyclic) bond motifs is 4. The standard InChI is InChI=1S/C20H28O2/c1-3-20-11-10-16-15-7-5-14(21)12-13(15)4-6-17(16)18(20)8-9-19(20)22-2/h12,17-19H,3-11H2,1-2H3/t17-,18+,19+,20+/m1/s1. The van der Waals surface area contributed by atoms with E-state index in [0.29, 0.717) is 17.3 Å². The second kappa shape index (κ2) is 5.33. The van der Waals surface area contributed by atoms with Crippen LogP contribution in [0.5, 0.6) is 0 Å². The number of allylic oxidation sites excluding steroid dienone is 4. The van der Waals surface area contributed by atoms with Gasteiger partial charge in [-0.1, -0.05) is 12.5 Å². The van der Waals surface area contributed by atoms with Gasteiger partial charge in [-0.25, -0.2) is 0 Å². The fourth-order valence-corrected chi connectivity index (χ4v) is 6.32. The summed E-state index contributed by atoms with van der Waals surface area (Å²) in [5.41, 5.74) is 5.12. The first-order valence-electron chi connectivity index (χ1n) is 9.18. The van der Waals surface area contributed by atoms with Crippen molar-refractivity contribution in [1.29, 1.82) is 0 Å². The molecule has 4 atom stereocenters. The van der Waals surface area contributed by atoms with Crippen molar-refractivity contribution < 1.29 is 9.53 Å². The van der Waals surface area contributed by atoms with Crippen LogP contribution >= 0.6 is 0 Å². The molecule has 0 aromatic heterocycles. The second-order valence-corrected chi connectivity index (χ2v) is 7.78. The second-order valence-electron chi connectivity index (χ2n) is 7.78. The maximum absolute atomic E-state index is 11.7. The van der Waals surface area contributed by atoms with Crippen LogP contribution in [0.4, 0.5) is 0 Å². The molecule has 4 aliphatic carbocycles. The molecule has 22 heavy (non-hydrogen) atoms. The van der Waals surface area contributed by atoms with Crippen molar-refractivity contribution in [3.05, 3.63) is 22.8 Å². The lowest BCUT2D eigenvalue weighted by atomic mass is 9.56. The summed E-state index contributed by atoms with van der Waals surface area (Å²) >= 11 is 0. The van der Waals surface area contributed by atoms with Crippen molar-refractivity contribution in [3.8, 4) is 0 Å². The van der Waals surface area contributed by atoms with Gasteiger partial charge < -0.3 is 4.74 Å². The van der Waals surface area contributed by atoms with E-state index in [-0.39, 0.29) is 0 Å². The highest BCUT2D eigenvalue weighted by Gasteiger charge is 2.55. The molecule has 0 unspecified atom stereocenters. The Kier molecular flexibility index (Phi) is 3.56. The lowest BCUT2D eigenvalue weighted by Crippen LogP contribution is -2.44. The molecule has 2 saturated carbocycles. The number of methoxy groups -OCH3 is 1. The van der Waals surface area contributed by atoms with Gasteiger partial charge >= 0.3 is 0 Å². The molecule has 0 heterocycles. The molecule has 0 radical (unpaired) electrons. The third-order valence-electron chi connectivity index (χ3n) is 7.31. The van der Waals surface area contributed by atoms with Crippen LogP contribution in [0.2, 0.25) is 0 Å². The Hall–Kier alpha value is -0.890. The first-order valence-corrected chi connectivity index (χ1v) is 9.18. The largest absolute Gasteiger partial charge is 0.381 e. The summed E-state index contributed by atoms with van der Waals surface area (Å²) < 4.78 is 5.90. The van der Waals surface area contributed by atoms with Crippen LogP contribution < -0.4 is 0 Å². The van der Waals surface area contributed by atoms with E-state index in [1.807, 2.05) is 13.2 Å². The number of hydrogen-bond donors (Lipinski definition) is 0. The van der Waals surface area contributed by atoms with Crippen molar-refractivity contribution in [2.75, 3.05) is 7.11 Å². The Labute approximate surface area is 134 Å². The van der Waals surface area contributed by atoms with Gasteiger partial charge in [-0.15, -0.1) is 0 Å². The summed E-state index contributed by atoms with van der Waals surface area (Å²) in [5, 5.41) is 0. The van der Waals surface area contributed by atoms with E-state index < -0.39 is 0 Å². The molecular formula is C20H28O2. The molecule has 0 amide bonds. The van der Waals surface area contributed by atoms with E-state index >= 15 is 0 Å². The molecule has 0 saturated heterocycles. The van der Waals surface area contributed by atoms with Crippen LogP contribution in [-0.2, 0) is 9.53 Å². The van der Waals surface area contributed by atoms with Crippen molar-refractivity contribution in [3.63, 3.8) is 0 Å². The van der Waals surface area contributed by atoms with Gasteiger partial charge in [0.1, 0.15) is 0 Å². The van der Waals surface area contributed by atoms with Crippen LogP contribution in [0.25, 0.3) is 0 Å². The quantitative estimate of drug-likeness (QED) is 0.745. The average molecular weight is 300 g/mol. The molecule has 4 rings (SSSR count). The van der Waals surface area contributed by atoms with Gasteiger partial charge in [-0.05, 0) is 85.8 Å². The first kappa shape index (κ1) is 14.7. The third-order valence-corrected chi connectivity index (χ3v) is 7.31. The minimum absolute atomic E-state index is 0.344. The number of carbonyl (C=O) groups excluding carboxylic acids is 1. The number of carbonyl (C=O) groups is 1. The summed E-state index contributed by atoms with van der Waals surface area (Å²) in [6, 6.07) is 0. The Morgan fingerprint density at radius 3 is 2.82 bits per heavy atom. The van der Waals surface area contributed by atoms with Gasteiger partial charge in [-0.2, -0.15) is 0 Å². The Morgan fingerprint density at radius 2 is 2.05 bits per heavy atom. The summed E-state index contributed by atoms with van der Waals surface area (Å²) in [6.07, 6.45) is 12.9. The molecule has 0 N–H and O–H groups in total. The molecule has 2 heteroatoms. The van der Waals surface area contributed by atoms with Crippen LogP contribution in [0.3, 0.4) is 0 Å². The maximum Gasteiger partial charge on any atom is 0.156 e. The Bertz CT molecular complexity index is 556. The topological polar surface area (TPSA) is 26.3 Å². The van der Waals surface area contributed by atoms with Crippen LogP contribution in [-0.4, -0.2) is 19.0 Å². The van der Waals surface area contributed by atoms with Crippen molar-refractivity contribution in [1.82, 2.24) is 0 Å². The van der Waals surface area contributed by atoms with Gasteiger partial charge in [-0.3, -0.25) is 4.79 Å². The van der Waals surface area contributed by atoms with E-state index in [2.05, 4.69) is 6.92 Å². The zero-order valence-corrected chi connectivity index (χ0v) is 14.0. The van der Waals surface area contributed by atoms with E-state index in [1.54, 1.807) is 11.1 Å². The van der Waals surface area contributed by atoms with Gasteiger partial charge in [0.25, 0.3) is 0 Å². The van der Waals surface area contributed by atoms with Gasteiger partial charge in [0.15, 0.2) is 5.78 Å². The molecule has 2 fully saturated rings. The molecule has 120 valence electrons. The highest BCUT2D eigenvalue weighted by atomic mass is 16.5. The smallest absolute Gasteiger partial charge is 0.156 e. The van der Waals surface area contributed by atoms with Crippen molar-refractivity contribution in [2.45, 2.75) is 70.8 Å². The lowest BCUT2D eigenvalue weighted by molar-refractivity contribution is -0.114. The number of rotatable bonds is 2. The van der Waals surface area contributed by atoms with Crippen LogP contribution in [0.1, 0.15) is 64.7 Å². The predicted octanol–water partition coefficient (Wildman–Crippen LogP) is 4.60. The summed E-state index contributed by atoms with van der Waals surface area (Å²) in [4.78, 5) is 11.7. The minimum Gasteiger partial charge on any atom is -0.381 e. The maximum atomic E-state index is 11.7. The zero-order valence-electron chi connectivity index (χ0n) is 14.0. The van der Waals surface area contributed by atoms with Crippen molar-refractivity contribution >= 4 is 5.78 Å². The molecule has 0 aromatic rings. The molecule has 0 aliphatic heterocycles. The van der Waals surface area contributed by atoms with Gasteiger partial charge in [0.05, 0.1) is 6.10 Å². The monoisotopic (exact) mass is 300 g/mol. The summed E-state index contributed by atoms with van der Waals surface area (Å²) in [5.74, 6) is 1.93. The minimum atomic E-state index is 0.344. The molecule has 4 aliphatic rings. The SMILES string of the molecule is CC[C@]12CCC3=C4CCC(=O)C=C4CC[C@H]3[C@@H]1CC[C@@H]2OC. The zero-order chi connectivity index (χ0) is 15.3. The fourth-order valence-electron chi connectivity index (χ4n) is 6.32. The average Bonchev–Trinajstić information content (AvgIpc) is 2.93. The van der Waals surface area contributed by atoms with E-state index in [1.165, 1.54) is 44.1 Å². The van der Waals surface area contributed by atoms with Gasteiger partial charge in [0, 0.05) is 13.5 Å². The third kappa shape index (κ3) is 1.92.